The number of hydrogen-bond donors (Lipinski definition) is 2. The molecule has 2 heterocycles. The van der Waals surface area contributed by atoms with Gasteiger partial charge in [-0.05, 0) is 32.0 Å². The van der Waals surface area contributed by atoms with E-state index < -0.39 is 11.9 Å². The summed E-state index contributed by atoms with van der Waals surface area (Å²) in [5, 5.41) is 19.2. The van der Waals surface area contributed by atoms with Crippen LogP contribution in [0.25, 0.3) is 0 Å². The van der Waals surface area contributed by atoms with E-state index >= 15 is 0 Å². The average molecular weight is 272 g/mol. The SMILES string of the molecule is Cc1cc(C(=O)Nc2ncccc2C(=O)O)c(C)nn1. The first kappa shape index (κ1) is 13.6. The number of anilines is 1. The van der Waals surface area contributed by atoms with Crippen LogP contribution in [0.2, 0.25) is 0 Å². The molecule has 0 saturated carbocycles. The van der Waals surface area contributed by atoms with Gasteiger partial charge in [-0.3, -0.25) is 4.79 Å². The molecule has 2 aromatic heterocycles. The summed E-state index contributed by atoms with van der Waals surface area (Å²) in [6.07, 6.45) is 1.41. The Morgan fingerprint density at radius 3 is 2.65 bits per heavy atom. The number of aromatic carboxylic acids is 1. The molecular formula is C13H12N4O3. The molecule has 0 aliphatic heterocycles. The molecule has 7 heteroatoms. The molecule has 0 aromatic carbocycles. The summed E-state index contributed by atoms with van der Waals surface area (Å²) in [6, 6.07) is 4.44. The smallest absolute Gasteiger partial charge is 0.339 e. The Hall–Kier alpha value is -2.83. The third kappa shape index (κ3) is 2.77. The Bertz CT molecular complexity index is 685. The first-order valence-electron chi connectivity index (χ1n) is 5.79. The number of amides is 1. The van der Waals surface area contributed by atoms with Crippen molar-refractivity contribution in [1.29, 1.82) is 0 Å². The lowest BCUT2D eigenvalue weighted by molar-refractivity contribution is 0.0697. The van der Waals surface area contributed by atoms with Gasteiger partial charge < -0.3 is 10.4 Å². The molecule has 0 spiro atoms. The highest BCUT2D eigenvalue weighted by molar-refractivity contribution is 6.07. The first-order valence-corrected chi connectivity index (χ1v) is 5.79. The summed E-state index contributed by atoms with van der Waals surface area (Å²) in [6.45, 7) is 3.37. The predicted molar refractivity (Wildman–Crippen MR) is 70.7 cm³/mol. The molecule has 0 aliphatic rings. The van der Waals surface area contributed by atoms with Crippen molar-refractivity contribution in [2.24, 2.45) is 0 Å². The standard InChI is InChI=1S/C13H12N4O3/c1-7-6-10(8(2)17-16-7)12(18)15-11-9(13(19)20)4-3-5-14-11/h3-6H,1-2H3,(H,19,20)(H,14,15,18). The van der Waals surface area contributed by atoms with Gasteiger partial charge in [0.05, 0.1) is 17.0 Å². The largest absolute Gasteiger partial charge is 0.478 e. The van der Waals surface area contributed by atoms with E-state index in [0.717, 1.165) is 0 Å². The zero-order valence-corrected chi connectivity index (χ0v) is 10.9. The topological polar surface area (TPSA) is 105 Å². The minimum Gasteiger partial charge on any atom is -0.478 e. The third-order valence-electron chi connectivity index (χ3n) is 2.62. The van der Waals surface area contributed by atoms with Crippen LogP contribution in [0.5, 0.6) is 0 Å². The van der Waals surface area contributed by atoms with Gasteiger partial charge in [0.2, 0.25) is 0 Å². The summed E-state index contributed by atoms with van der Waals surface area (Å²) in [4.78, 5) is 27.1. The van der Waals surface area contributed by atoms with Crippen molar-refractivity contribution in [2.45, 2.75) is 13.8 Å². The minimum atomic E-state index is -1.16. The van der Waals surface area contributed by atoms with E-state index in [9.17, 15) is 9.59 Å². The highest BCUT2D eigenvalue weighted by Gasteiger charge is 2.16. The molecule has 0 saturated heterocycles. The Morgan fingerprint density at radius 1 is 1.20 bits per heavy atom. The van der Waals surface area contributed by atoms with Gasteiger partial charge in [0.1, 0.15) is 11.4 Å². The zero-order valence-electron chi connectivity index (χ0n) is 10.9. The third-order valence-corrected chi connectivity index (χ3v) is 2.62. The van der Waals surface area contributed by atoms with Crippen molar-refractivity contribution < 1.29 is 14.7 Å². The quantitative estimate of drug-likeness (QED) is 0.875. The molecule has 102 valence electrons. The maximum atomic E-state index is 12.2. The van der Waals surface area contributed by atoms with Gasteiger partial charge in [-0.15, -0.1) is 0 Å². The van der Waals surface area contributed by atoms with E-state index in [-0.39, 0.29) is 11.4 Å². The lowest BCUT2D eigenvalue weighted by atomic mass is 10.2. The summed E-state index contributed by atoms with van der Waals surface area (Å²) < 4.78 is 0. The van der Waals surface area contributed by atoms with Crippen molar-refractivity contribution in [2.75, 3.05) is 5.32 Å². The summed E-state index contributed by atoms with van der Waals surface area (Å²) in [5.41, 5.74) is 1.32. The number of rotatable bonds is 3. The van der Waals surface area contributed by atoms with Gasteiger partial charge in [-0.25, -0.2) is 9.78 Å². The van der Waals surface area contributed by atoms with E-state index in [1.807, 2.05) is 0 Å². The van der Waals surface area contributed by atoms with Crippen LogP contribution in [0, 0.1) is 13.8 Å². The van der Waals surface area contributed by atoms with Crippen molar-refractivity contribution in [1.82, 2.24) is 15.2 Å². The summed E-state index contributed by atoms with van der Waals surface area (Å²) in [7, 11) is 0. The molecule has 7 nitrogen and oxygen atoms in total. The lowest BCUT2D eigenvalue weighted by Crippen LogP contribution is -2.18. The second-order valence-electron chi connectivity index (χ2n) is 4.14. The van der Waals surface area contributed by atoms with Crippen LogP contribution in [0.3, 0.4) is 0 Å². The Labute approximate surface area is 114 Å². The van der Waals surface area contributed by atoms with Crippen LogP contribution in [0.1, 0.15) is 32.1 Å². The Morgan fingerprint density at radius 2 is 1.95 bits per heavy atom. The molecule has 0 unspecified atom stereocenters. The van der Waals surface area contributed by atoms with Gasteiger partial charge in [0, 0.05) is 6.20 Å². The number of nitrogens with one attached hydrogen (secondary N) is 1. The fourth-order valence-electron chi connectivity index (χ4n) is 1.63. The number of carbonyl (C=O) groups excluding carboxylic acids is 1. The van der Waals surface area contributed by atoms with Crippen LogP contribution in [0.4, 0.5) is 5.82 Å². The second-order valence-corrected chi connectivity index (χ2v) is 4.14. The molecule has 2 aromatic rings. The van der Waals surface area contributed by atoms with Gasteiger partial charge >= 0.3 is 5.97 Å². The van der Waals surface area contributed by atoms with Crippen LogP contribution < -0.4 is 5.32 Å². The van der Waals surface area contributed by atoms with Gasteiger partial charge in [-0.1, -0.05) is 0 Å². The van der Waals surface area contributed by atoms with Gasteiger partial charge in [-0.2, -0.15) is 10.2 Å². The number of nitrogens with zero attached hydrogens (tertiary/aromatic N) is 3. The Kier molecular flexibility index (Phi) is 3.69. The molecular weight excluding hydrogens is 260 g/mol. The van der Waals surface area contributed by atoms with Crippen LogP contribution in [-0.4, -0.2) is 32.2 Å². The van der Waals surface area contributed by atoms with Crippen molar-refractivity contribution in [3.8, 4) is 0 Å². The molecule has 0 radical (unpaired) electrons. The Balaban J connectivity index is 2.33. The fraction of sp³-hybridized carbons (Fsp3) is 0.154. The van der Waals surface area contributed by atoms with Crippen molar-refractivity contribution in [3.63, 3.8) is 0 Å². The average Bonchev–Trinajstić information content (AvgIpc) is 2.41. The maximum Gasteiger partial charge on any atom is 0.339 e. The highest BCUT2D eigenvalue weighted by Crippen LogP contribution is 2.14. The molecule has 0 aliphatic carbocycles. The monoisotopic (exact) mass is 272 g/mol. The van der Waals surface area contributed by atoms with Crippen molar-refractivity contribution in [3.05, 3.63) is 46.9 Å². The van der Waals surface area contributed by atoms with E-state index in [1.54, 1.807) is 19.9 Å². The number of hydrogen-bond acceptors (Lipinski definition) is 5. The summed E-state index contributed by atoms with van der Waals surface area (Å²) >= 11 is 0. The van der Waals surface area contributed by atoms with Gasteiger partial charge in [0.25, 0.3) is 5.91 Å². The van der Waals surface area contributed by atoms with Crippen molar-refractivity contribution >= 4 is 17.7 Å². The molecule has 2 rings (SSSR count). The fourth-order valence-corrected chi connectivity index (χ4v) is 1.63. The lowest BCUT2D eigenvalue weighted by Gasteiger charge is -2.08. The maximum absolute atomic E-state index is 12.2. The summed E-state index contributed by atoms with van der Waals surface area (Å²) in [5.74, 6) is -1.63. The van der Waals surface area contributed by atoms with Crippen LogP contribution >= 0.6 is 0 Å². The molecule has 20 heavy (non-hydrogen) atoms. The number of aromatic nitrogens is 3. The van der Waals surface area contributed by atoms with E-state index in [1.165, 1.54) is 18.3 Å². The van der Waals surface area contributed by atoms with Crippen LogP contribution in [-0.2, 0) is 0 Å². The first-order chi connectivity index (χ1) is 9.49. The van der Waals surface area contributed by atoms with E-state index in [2.05, 4.69) is 20.5 Å². The number of aryl methyl sites for hydroxylation is 2. The predicted octanol–water partition coefficient (Wildman–Crippen LogP) is 1.44. The zero-order chi connectivity index (χ0) is 14.7. The normalized spacial score (nSPS) is 10.1. The number of carboxylic acids is 1. The highest BCUT2D eigenvalue weighted by atomic mass is 16.4. The molecule has 0 bridgehead atoms. The number of pyridine rings is 1. The van der Waals surface area contributed by atoms with E-state index in [0.29, 0.717) is 17.0 Å². The van der Waals surface area contributed by atoms with Crippen LogP contribution in [0.15, 0.2) is 24.4 Å². The number of carboxylic acid groups (broad SMARTS) is 1. The molecule has 2 N–H and O–H groups in total. The van der Waals surface area contributed by atoms with Gasteiger partial charge in [0.15, 0.2) is 0 Å². The minimum absolute atomic E-state index is 0.00105. The number of carbonyl (C=O) groups is 2. The molecule has 0 fully saturated rings. The second kappa shape index (κ2) is 5.43. The molecule has 0 atom stereocenters. The van der Waals surface area contributed by atoms with E-state index in [4.69, 9.17) is 5.11 Å². The molecule has 1 amide bonds.